The molecule has 7 nitrogen and oxygen atoms in total. The number of nitrogens with one attached hydrogen (secondary N) is 1. The second-order valence-electron chi connectivity index (χ2n) is 7.13. The lowest BCUT2D eigenvalue weighted by molar-refractivity contribution is -0.116. The Morgan fingerprint density at radius 3 is 2.55 bits per heavy atom. The van der Waals surface area contributed by atoms with Gasteiger partial charge in [0.15, 0.2) is 5.52 Å². The Hall–Kier alpha value is -3.71. The molecule has 0 aliphatic heterocycles. The maximum Gasteiger partial charge on any atom is 0.332 e. The van der Waals surface area contributed by atoms with E-state index in [0.29, 0.717) is 16.2 Å². The van der Waals surface area contributed by atoms with Crippen molar-refractivity contribution in [3.63, 3.8) is 0 Å². The fourth-order valence-corrected chi connectivity index (χ4v) is 3.50. The van der Waals surface area contributed by atoms with E-state index in [1.807, 2.05) is 37.3 Å². The minimum absolute atomic E-state index is 0.0835. The molecular weight excluding hydrogens is 416 g/mol. The lowest BCUT2D eigenvalue weighted by Crippen LogP contribution is -2.42. The van der Waals surface area contributed by atoms with Crippen LogP contribution < -0.4 is 16.6 Å². The average molecular weight is 435 g/mol. The topological polar surface area (TPSA) is 86.0 Å². The Morgan fingerprint density at radius 1 is 1.03 bits per heavy atom. The lowest BCUT2D eigenvalue weighted by atomic mass is 10.2. The molecule has 1 amide bonds. The molecule has 2 aromatic carbocycles. The van der Waals surface area contributed by atoms with Crippen LogP contribution in [0.3, 0.4) is 0 Å². The molecular formula is C23H19ClN4O3. The first-order valence-electron chi connectivity index (χ1n) is 9.62. The Labute approximate surface area is 182 Å². The number of carbonyl (C=O) groups excluding carboxylic acids is 1. The van der Waals surface area contributed by atoms with Gasteiger partial charge < -0.3 is 5.32 Å². The first-order valence-corrected chi connectivity index (χ1v) is 10.00. The number of anilines is 1. The number of amides is 1. The second kappa shape index (κ2) is 8.57. The number of halogens is 1. The summed E-state index contributed by atoms with van der Waals surface area (Å²) in [5, 5.41) is 3.27. The standard InChI is InChI=1S/C23H19ClN4O3/c1-15-9-10-17(12-18(15)24)26-20(29)14-27-19-8-5-11-25-21(19)22(30)28(23(27)31)13-16-6-3-2-4-7-16/h2-12H,13-14H2,1H3,(H,26,29). The van der Waals surface area contributed by atoms with Gasteiger partial charge in [0.2, 0.25) is 5.91 Å². The van der Waals surface area contributed by atoms with Crippen molar-refractivity contribution in [3.05, 3.63) is 104 Å². The number of carbonyl (C=O) groups is 1. The molecule has 0 unspecified atom stereocenters. The average Bonchev–Trinajstić information content (AvgIpc) is 2.77. The molecule has 2 heterocycles. The molecule has 0 radical (unpaired) electrons. The van der Waals surface area contributed by atoms with Crippen molar-refractivity contribution in [2.75, 3.05) is 5.32 Å². The molecule has 8 heteroatoms. The molecule has 0 atom stereocenters. The number of aromatic nitrogens is 3. The van der Waals surface area contributed by atoms with Crippen LogP contribution in [0, 0.1) is 6.92 Å². The molecule has 0 fully saturated rings. The highest BCUT2D eigenvalue weighted by molar-refractivity contribution is 6.31. The van der Waals surface area contributed by atoms with Crippen LogP contribution in [0.25, 0.3) is 11.0 Å². The van der Waals surface area contributed by atoms with E-state index in [-0.39, 0.29) is 18.6 Å². The van der Waals surface area contributed by atoms with E-state index in [2.05, 4.69) is 10.3 Å². The molecule has 31 heavy (non-hydrogen) atoms. The summed E-state index contributed by atoms with van der Waals surface area (Å²) in [7, 11) is 0. The minimum Gasteiger partial charge on any atom is -0.324 e. The van der Waals surface area contributed by atoms with Crippen molar-refractivity contribution < 1.29 is 4.79 Å². The highest BCUT2D eigenvalue weighted by atomic mass is 35.5. The SMILES string of the molecule is Cc1ccc(NC(=O)Cn2c(=O)n(Cc3ccccc3)c(=O)c3ncccc32)cc1Cl. The third-order valence-electron chi connectivity index (χ3n) is 4.93. The normalized spacial score (nSPS) is 10.9. The predicted octanol–water partition coefficient (Wildman–Crippen LogP) is 3.21. The van der Waals surface area contributed by atoms with Crippen molar-refractivity contribution in [3.8, 4) is 0 Å². The van der Waals surface area contributed by atoms with Crippen LogP contribution in [0.1, 0.15) is 11.1 Å². The molecule has 4 aromatic rings. The van der Waals surface area contributed by atoms with E-state index in [4.69, 9.17) is 11.6 Å². The number of aryl methyl sites for hydroxylation is 1. The minimum atomic E-state index is -0.577. The smallest absolute Gasteiger partial charge is 0.324 e. The van der Waals surface area contributed by atoms with Crippen molar-refractivity contribution in [2.24, 2.45) is 0 Å². The van der Waals surface area contributed by atoms with Crippen LogP contribution in [0.5, 0.6) is 0 Å². The van der Waals surface area contributed by atoms with Crippen molar-refractivity contribution in [1.82, 2.24) is 14.1 Å². The monoisotopic (exact) mass is 434 g/mol. The summed E-state index contributed by atoms with van der Waals surface area (Å²) in [6, 6.07) is 17.6. The summed E-state index contributed by atoms with van der Waals surface area (Å²) in [5.41, 5.74) is 1.57. The zero-order valence-corrected chi connectivity index (χ0v) is 17.5. The molecule has 1 N–H and O–H groups in total. The van der Waals surface area contributed by atoms with Gasteiger partial charge in [0.25, 0.3) is 5.56 Å². The third-order valence-corrected chi connectivity index (χ3v) is 5.33. The molecule has 0 spiro atoms. The first-order chi connectivity index (χ1) is 14.9. The third kappa shape index (κ3) is 4.27. The summed E-state index contributed by atoms with van der Waals surface area (Å²) in [6.45, 7) is 1.67. The fourth-order valence-electron chi connectivity index (χ4n) is 3.32. The van der Waals surface area contributed by atoms with E-state index >= 15 is 0 Å². The van der Waals surface area contributed by atoms with Crippen molar-refractivity contribution >= 4 is 34.2 Å². The molecule has 0 saturated carbocycles. The van der Waals surface area contributed by atoms with Gasteiger partial charge in [-0.3, -0.25) is 18.7 Å². The van der Waals surface area contributed by atoms with E-state index in [1.165, 1.54) is 10.8 Å². The van der Waals surface area contributed by atoms with Gasteiger partial charge in [-0.15, -0.1) is 0 Å². The van der Waals surface area contributed by atoms with Crippen LogP contribution >= 0.6 is 11.6 Å². The fraction of sp³-hybridized carbons (Fsp3) is 0.130. The second-order valence-corrected chi connectivity index (χ2v) is 7.54. The van der Waals surface area contributed by atoms with Crippen LogP contribution in [0.15, 0.2) is 76.4 Å². The molecule has 0 aliphatic rings. The maximum absolute atomic E-state index is 13.2. The summed E-state index contributed by atoms with van der Waals surface area (Å²) >= 11 is 6.12. The van der Waals surface area contributed by atoms with Gasteiger partial charge in [0.05, 0.1) is 12.1 Å². The zero-order valence-electron chi connectivity index (χ0n) is 16.7. The van der Waals surface area contributed by atoms with Crippen LogP contribution in [-0.2, 0) is 17.9 Å². The number of benzene rings is 2. The number of fused-ring (bicyclic) bond motifs is 1. The van der Waals surface area contributed by atoms with Gasteiger partial charge in [-0.25, -0.2) is 9.78 Å². The molecule has 156 valence electrons. The largest absolute Gasteiger partial charge is 0.332 e. The van der Waals surface area contributed by atoms with E-state index in [1.54, 1.807) is 30.3 Å². The highest BCUT2D eigenvalue weighted by Crippen LogP contribution is 2.20. The Bertz CT molecular complexity index is 1390. The van der Waals surface area contributed by atoms with Gasteiger partial charge in [0, 0.05) is 16.9 Å². The van der Waals surface area contributed by atoms with Crippen LogP contribution in [0.2, 0.25) is 5.02 Å². The lowest BCUT2D eigenvalue weighted by Gasteiger charge is -2.14. The number of pyridine rings is 1. The molecule has 0 saturated heterocycles. The van der Waals surface area contributed by atoms with Crippen LogP contribution in [-0.4, -0.2) is 20.0 Å². The van der Waals surface area contributed by atoms with Crippen molar-refractivity contribution in [2.45, 2.75) is 20.0 Å². The highest BCUT2D eigenvalue weighted by Gasteiger charge is 2.16. The maximum atomic E-state index is 13.2. The Morgan fingerprint density at radius 2 is 1.81 bits per heavy atom. The van der Waals surface area contributed by atoms with E-state index in [0.717, 1.165) is 15.7 Å². The Kier molecular flexibility index (Phi) is 5.68. The van der Waals surface area contributed by atoms with Gasteiger partial charge in [-0.05, 0) is 42.3 Å². The summed E-state index contributed by atoms with van der Waals surface area (Å²) in [6.07, 6.45) is 1.49. The molecule has 4 rings (SSSR count). The van der Waals surface area contributed by atoms with Gasteiger partial charge in [-0.1, -0.05) is 48.0 Å². The first kappa shape index (κ1) is 20.6. The summed E-state index contributed by atoms with van der Waals surface area (Å²) in [4.78, 5) is 43.0. The summed E-state index contributed by atoms with van der Waals surface area (Å²) in [5.74, 6) is -0.419. The van der Waals surface area contributed by atoms with E-state index < -0.39 is 17.2 Å². The predicted molar refractivity (Wildman–Crippen MR) is 121 cm³/mol. The number of nitrogens with zero attached hydrogens (tertiary/aromatic N) is 3. The molecule has 2 aromatic heterocycles. The van der Waals surface area contributed by atoms with Gasteiger partial charge >= 0.3 is 5.69 Å². The van der Waals surface area contributed by atoms with Gasteiger partial charge in [-0.2, -0.15) is 0 Å². The zero-order chi connectivity index (χ0) is 22.0. The van der Waals surface area contributed by atoms with Crippen molar-refractivity contribution in [1.29, 1.82) is 0 Å². The van der Waals surface area contributed by atoms with Crippen LogP contribution in [0.4, 0.5) is 5.69 Å². The van der Waals surface area contributed by atoms with Gasteiger partial charge in [0.1, 0.15) is 6.54 Å². The summed E-state index contributed by atoms with van der Waals surface area (Å²) < 4.78 is 2.36. The number of hydrogen-bond donors (Lipinski definition) is 1. The molecule has 0 aliphatic carbocycles. The Balaban J connectivity index is 1.74. The quantitative estimate of drug-likeness (QED) is 0.522. The number of hydrogen-bond acceptors (Lipinski definition) is 4. The van der Waals surface area contributed by atoms with E-state index in [9.17, 15) is 14.4 Å². The number of rotatable bonds is 5. The molecule has 0 bridgehead atoms.